The van der Waals surface area contributed by atoms with Gasteiger partial charge in [0.25, 0.3) is 0 Å². The summed E-state index contributed by atoms with van der Waals surface area (Å²) in [4.78, 5) is 14.9. The molecule has 2 atom stereocenters. The number of ether oxygens (including phenoxy) is 2. The van der Waals surface area contributed by atoms with E-state index in [1.165, 1.54) is 28.6 Å². The van der Waals surface area contributed by atoms with Gasteiger partial charge in [0.15, 0.2) is 0 Å². The van der Waals surface area contributed by atoms with Gasteiger partial charge in [-0.05, 0) is 42.2 Å². The molecule has 1 heterocycles. The smallest absolute Gasteiger partial charge is 0.407 e. The van der Waals surface area contributed by atoms with Crippen LogP contribution in [-0.4, -0.2) is 93.5 Å². The fraction of sp³-hybridized carbons (Fsp3) is 0.519. The van der Waals surface area contributed by atoms with Crippen LogP contribution in [0.5, 0.6) is 0 Å². The van der Waals surface area contributed by atoms with Gasteiger partial charge in [-0.25, -0.2) is 13.2 Å². The summed E-state index contributed by atoms with van der Waals surface area (Å²) in [6, 6.07) is 14.6. The molecule has 2 aromatic carbocycles. The summed E-state index contributed by atoms with van der Waals surface area (Å²) in [6.45, 7) is 7.49. The number of carbonyl (C=O) groups is 1. The number of aliphatic hydroxyl groups is 1. The Kier molecular flexibility index (Phi) is 11.4. The van der Waals surface area contributed by atoms with Gasteiger partial charge in [0.05, 0.1) is 30.3 Å². The molecule has 0 spiro atoms. The number of alkyl carbamates (subject to hydrolysis) is 1. The molecule has 0 aromatic heterocycles. The molecule has 0 radical (unpaired) electrons. The number of hydrogen-bond donors (Lipinski definition) is 3. The van der Waals surface area contributed by atoms with Gasteiger partial charge in [0, 0.05) is 38.4 Å². The minimum Gasteiger partial charge on any atom is -0.448 e. The van der Waals surface area contributed by atoms with E-state index in [1.807, 2.05) is 44.2 Å². The first kappa shape index (κ1) is 29.9. The lowest BCUT2D eigenvalue weighted by Crippen LogP contribution is -2.51. The average molecular weight is 549 g/mol. The number of carbonyl (C=O) groups excluding carboxylic acids is 1. The number of nitrogen functional groups attached to an aromatic ring is 1. The van der Waals surface area contributed by atoms with Crippen LogP contribution in [0.3, 0.4) is 0 Å². The van der Waals surface area contributed by atoms with E-state index in [9.17, 15) is 18.3 Å². The third-order valence-corrected chi connectivity index (χ3v) is 8.13. The van der Waals surface area contributed by atoms with Crippen molar-refractivity contribution >= 4 is 21.8 Å². The molecular formula is C27H40N4O6S. The molecule has 0 saturated carbocycles. The number of rotatable bonds is 13. The lowest BCUT2D eigenvalue weighted by Gasteiger charge is -2.30. The Balaban J connectivity index is 1.71. The summed E-state index contributed by atoms with van der Waals surface area (Å²) in [6.07, 6.45) is -1.54. The minimum atomic E-state index is -3.91. The zero-order valence-corrected chi connectivity index (χ0v) is 23.0. The summed E-state index contributed by atoms with van der Waals surface area (Å²) < 4.78 is 38.9. The fourth-order valence-electron chi connectivity index (χ4n) is 4.24. The third kappa shape index (κ3) is 9.25. The Hall–Kier alpha value is -2.70. The molecule has 10 nitrogen and oxygen atoms in total. The maximum absolute atomic E-state index is 13.5. The van der Waals surface area contributed by atoms with Crippen LogP contribution in [0.25, 0.3) is 0 Å². The second-order valence-electron chi connectivity index (χ2n) is 9.88. The molecule has 1 aliphatic rings. The lowest BCUT2D eigenvalue weighted by molar-refractivity contribution is 0.0270. The van der Waals surface area contributed by atoms with Crippen LogP contribution in [-0.2, 0) is 25.9 Å². The van der Waals surface area contributed by atoms with E-state index in [2.05, 4.69) is 10.2 Å². The van der Waals surface area contributed by atoms with Gasteiger partial charge in [0.1, 0.15) is 6.61 Å². The standard InChI is InChI=1S/C27H40N4O6S/c1-21(2)19-31(38(34,35)24-10-8-23(28)9-11-24)20-26(32)25(18-22-6-4-3-5-7-22)29-27(33)37-17-14-30-12-15-36-16-13-30/h3-11,21,25-26,32H,12-20,28H2,1-2H3,(H,29,33)/t25-,26+/m0/s1. The number of nitrogens with zero attached hydrogens (tertiary/aromatic N) is 2. The molecule has 3 rings (SSSR count). The Morgan fingerprint density at radius 2 is 1.76 bits per heavy atom. The maximum Gasteiger partial charge on any atom is 0.407 e. The van der Waals surface area contributed by atoms with Crippen molar-refractivity contribution in [3.63, 3.8) is 0 Å². The highest BCUT2D eigenvalue weighted by molar-refractivity contribution is 7.89. The highest BCUT2D eigenvalue weighted by Gasteiger charge is 2.31. The van der Waals surface area contributed by atoms with Crippen LogP contribution >= 0.6 is 0 Å². The van der Waals surface area contributed by atoms with Crippen LogP contribution < -0.4 is 11.1 Å². The summed E-state index contributed by atoms with van der Waals surface area (Å²) in [5.41, 5.74) is 7.08. The molecule has 1 saturated heterocycles. The molecule has 38 heavy (non-hydrogen) atoms. The van der Waals surface area contributed by atoms with Gasteiger partial charge in [0.2, 0.25) is 10.0 Å². The van der Waals surface area contributed by atoms with E-state index in [0.29, 0.717) is 31.9 Å². The summed E-state index contributed by atoms with van der Waals surface area (Å²) in [5, 5.41) is 14.0. The van der Waals surface area contributed by atoms with Crippen LogP contribution in [0.15, 0.2) is 59.5 Å². The lowest BCUT2D eigenvalue weighted by atomic mass is 10.0. The molecule has 0 unspecified atom stereocenters. The minimum absolute atomic E-state index is 0.0106. The molecular weight excluding hydrogens is 508 g/mol. The van der Waals surface area contributed by atoms with Gasteiger partial charge in [-0.1, -0.05) is 44.2 Å². The molecule has 210 valence electrons. The molecule has 2 aromatic rings. The van der Waals surface area contributed by atoms with Crippen molar-refractivity contribution in [1.29, 1.82) is 0 Å². The van der Waals surface area contributed by atoms with Gasteiger partial charge >= 0.3 is 6.09 Å². The summed E-state index contributed by atoms with van der Waals surface area (Å²) >= 11 is 0. The van der Waals surface area contributed by atoms with Crippen LogP contribution in [0.2, 0.25) is 0 Å². The monoisotopic (exact) mass is 548 g/mol. The fourth-order valence-corrected chi connectivity index (χ4v) is 5.86. The number of nitrogens with two attached hydrogens (primary N) is 1. The van der Waals surface area contributed by atoms with E-state index >= 15 is 0 Å². The number of nitrogens with one attached hydrogen (secondary N) is 1. The van der Waals surface area contributed by atoms with Crippen molar-refractivity contribution in [2.45, 2.75) is 37.3 Å². The predicted molar refractivity (Wildman–Crippen MR) is 146 cm³/mol. The Bertz CT molecular complexity index is 1090. The van der Waals surface area contributed by atoms with Crippen molar-refractivity contribution in [1.82, 2.24) is 14.5 Å². The molecule has 1 fully saturated rings. The van der Waals surface area contributed by atoms with Crippen molar-refractivity contribution in [3.05, 3.63) is 60.2 Å². The normalized spacial score (nSPS) is 16.3. The Morgan fingerprint density at radius 3 is 2.39 bits per heavy atom. The topological polar surface area (TPSA) is 134 Å². The van der Waals surface area contributed by atoms with E-state index in [4.69, 9.17) is 15.2 Å². The number of hydrogen-bond acceptors (Lipinski definition) is 8. The predicted octanol–water partition coefficient (Wildman–Crippen LogP) is 1.95. The summed E-state index contributed by atoms with van der Waals surface area (Å²) in [7, 11) is -3.91. The highest BCUT2D eigenvalue weighted by atomic mass is 32.2. The molecule has 1 amide bonds. The molecule has 0 bridgehead atoms. The van der Waals surface area contributed by atoms with E-state index in [-0.39, 0.29) is 30.5 Å². The number of morpholine rings is 1. The zero-order chi connectivity index (χ0) is 27.5. The van der Waals surface area contributed by atoms with E-state index in [1.54, 1.807) is 0 Å². The second-order valence-corrected chi connectivity index (χ2v) is 11.8. The van der Waals surface area contributed by atoms with Gasteiger partial charge in [-0.3, -0.25) is 4.90 Å². The van der Waals surface area contributed by atoms with Crippen molar-refractivity contribution in [3.8, 4) is 0 Å². The molecule has 1 aliphatic heterocycles. The Labute approximate surface area is 225 Å². The van der Waals surface area contributed by atoms with Gasteiger partial charge < -0.3 is 25.6 Å². The zero-order valence-electron chi connectivity index (χ0n) is 22.2. The second kappa shape index (κ2) is 14.5. The highest BCUT2D eigenvalue weighted by Crippen LogP contribution is 2.20. The quantitative estimate of drug-likeness (QED) is 0.324. The van der Waals surface area contributed by atoms with Crippen molar-refractivity contribution in [2.75, 3.05) is 58.3 Å². The first-order valence-corrected chi connectivity index (χ1v) is 14.4. The van der Waals surface area contributed by atoms with Gasteiger partial charge in [-0.2, -0.15) is 4.31 Å². The molecule has 11 heteroatoms. The first-order valence-electron chi connectivity index (χ1n) is 13.0. The summed E-state index contributed by atoms with van der Waals surface area (Å²) in [5.74, 6) is 0.0106. The Morgan fingerprint density at radius 1 is 1.11 bits per heavy atom. The third-order valence-electron chi connectivity index (χ3n) is 6.29. The number of benzene rings is 2. The molecule has 4 N–H and O–H groups in total. The average Bonchev–Trinajstić information content (AvgIpc) is 2.89. The first-order chi connectivity index (χ1) is 18.1. The number of sulfonamides is 1. The number of anilines is 1. The molecule has 0 aliphatic carbocycles. The van der Waals surface area contributed by atoms with E-state index < -0.39 is 28.3 Å². The number of aliphatic hydroxyl groups excluding tert-OH is 1. The van der Waals surface area contributed by atoms with Crippen molar-refractivity contribution in [2.24, 2.45) is 5.92 Å². The number of amides is 1. The largest absolute Gasteiger partial charge is 0.448 e. The van der Waals surface area contributed by atoms with Crippen molar-refractivity contribution < 1.29 is 27.8 Å². The maximum atomic E-state index is 13.5. The van der Waals surface area contributed by atoms with E-state index in [0.717, 1.165) is 18.7 Å². The van der Waals surface area contributed by atoms with Gasteiger partial charge in [-0.15, -0.1) is 0 Å². The SMILES string of the molecule is CC(C)CN(C[C@@H](O)[C@H](Cc1ccccc1)NC(=O)OCCN1CCOCC1)S(=O)(=O)c1ccc(N)cc1. The van der Waals surface area contributed by atoms with Crippen LogP contribution in [0.4, 0.5) is 10.5 Å². The van der Waals surface area contributed by atoms with Crippen LogP contribution in [0, 0.1) is 5.92 Å². The van der Waals surface area contributed by atoms with Crippen LogP contribution in [0.1, 0.15) is 19.4 Å².